The molecule has 0 saturated carbocycles. The maximum absolute atomic E-state index is 6.28. The number of ether oxygens (including phenoxy) is 1. The molecule has 108 valence electrons. The molecule has 2 N–H and O–H groups in total. The van der Waals surface area contributed by atoms with Crippen LogP contribution in [0.15, 0.2) is 36.5 Å². The first-order valence-corrected chi connectivity index (χ1v) is 7.19. The molecule has 1 aromatic heterocycles. The van der Waals surface area contributed by atoms with Crippen molar-refractivity contribution in [3.05, 3.63) is 36.5 Å². The standard InChI is InChI=1S/C17H24N2O/c1-5-13(18)16(17(2,3)4)20-15-10-6-9-14-12(15)8-7-11-19-14/h6-11,13,16H,5,18H2,1-4H3. The molecule has 3 heteroatoms. The highest BCUT2D eigenvalue weighted by Gasteiger charge is 2.31. The average molecular weight is 272 g/mol. The maximum atomic E-state index is 6.28. The molecular weight excluding hydrogens is 248 g/mol. The quantitative estimate of drug-likeness (QED) is 0.921. The summed E-state index contributed by atoms with van der Waals surface area (Å²) >= 11 is 0. The highest BCUT2D eigenvalue weighted by molar-refractivity contribution is 5.84. The molecule has 0 fully saturated rings. The molecule has 0 amide bonds. The van der Waals surface area contributed by atoms with Gasteiger partial charge in [0.1, 0.15) is 11.9 Å². The summed E-state index contributed by atoms with van der Waals surface area (Å²) in [7, 11) is 0. The normalized spacial score (nSPS) is 15.1. The van der Waals surface area contributed by atoms with Crippen LogP contribution in [0, 0.1) is 5.41 Å². The minimum absolute atomic E-state index is 0.0141. The smallest absolute Gasteiger partial charge is 0.129 e. The summed E-state index contributed by atoms with van der Waals surface area (Å²) in [6, 6.07) is 9.94. The van der Waals surface area contributed by atoms with Crippen molar-refractivity contribution in [3.63, 3.8) is 0 Å². The fourth-order valence-corrected chi connectivity index (χ4v) is 2.44. The van der Waals surface area contributed by atoms with Gasteiger partial charge >= 0.3 is 0 Å². The number of aromatic nitrogens is 1. The van der Waals surface area contributed by atoms with E-state index in [1.54, 1.807) is 6.20 Å². The third-order valence-electron chi connectivity index (χ3n) is 3.57. The monoisotopic (exact) mass is 272 g/mol. The van der Waals surface area contributed by atoms with Crippen molar-refractivity contribution >= 4 is 10.9 Å². The number of rotatable bonds is 4. The summed E-state index contributed by atoms with van der Waals surface area (Å²) in [5.74, 6) is 0.861. The zero-order valence-electron chi connectivity index (χ0n) is 12.8. The molecule has 0 aliphatic heterocycles. The minimum Gasteiger partial charge on any atom is -0.488 e. The topological polar surface area (TPSA) is 48.1 Å². The van der Waals surface area contributed by atoms with E-state index in [0.717, 1.165) is 23.1 Å². The lowest BCUT2D eigenvalue weighted by Crippen LogP contribution is -2.47. The molecule has 2 atom stereocenters. The number of hydrogen-bond donors (Lipinski definition) is 1. The molecule has 3 nitrogen and oxygen atoms in total. The van der Waals surface area contributed by atoms with Crippen LogP contribution in [-0.4, -0.2) is 17.1 Å². The van der Waals surface area contributed by atoms with Gasteiger partial charge < -0.3 is 10.5 Å². The lowest BCUT2D eigenvalue weighted by molar-refractivity contribution is 0.0636. The summed E-state index contributed by atoms with van der Waals surface area (Å²) < 4.78 is 6.28. The molecule has 0 aliphatic carbocycles. The number of pyridine rings is 1. The van der Waals surface area contributed by atoms with Crippen LogP contribution in [0.4, 0.5) is 0 Å². The van der Waals surface area contributed by atoms with E-state index in [1.807, 2.05) is 30.3 Å². The summed E-state index contributed by atoms with van der Waals surface area (Å²) in [4.78, 5) is 4.37. The van der Waals surface area contributed by atoms with Gasteiger partial charge in [-0.2, -0.15) is 0 Å². The molecule has 0 aliphatic rings. The number of nitrogens with zero attached hydrogens (tertiary/aromatic N) is 1. The van der Waals surface area contributed by atoms with E-state index in [2.05, 4.69) is 32.7 Å². The zero-order chi connectivity index (χ0) is 14.8. The Balaban J connectivity index is 2.38. The van der Waals surface area contributed by atoms with E-state index in [4.69, 9.17) is 10.5 Å². The summed E-state index contributed by atoms with van der Waals surface area (Å²) in [6.45, 7) is 8.58. The number of hydrogen-bond acceptors (Lipinski definition) is 3. The lowest BCUT2D eigenvalue weighted by atomic mass is 9.84. The van der Waals surface area contributed by atoms with Crippen molar-refractivity contribution in [1.29, 1.82) is 0 Å². The van der Waals surface area contributed by atoms with E-state index >= 15 is 0 Å². The zero-order valence-corrected chi connectivity index (χ0v) is 12.8. The fourth-order valence-electron chi connectivity index (χ4n) is 2.44. The second-order valence-electron chi connectivity index (χ2n) is 6.30. The third-order valence-corrected chi connectivity index (χ3v) is 3.57. The van der Waals surface area contributed by atoms with Crippen LogP contribution in [0.2, 0.25) is 0 Å². The Morgan fingerprint density at radius 1 is 1.20 bits per heavy atom. The molecule has 0 saturated heterocycles. The highest BCUT2D eigenvalue weighted by Crippen LogP contribution is 2.31. The third kappa shape index (κ3) is 3.10. The number of fused-ring (bicyclic) bond motifs is 1. The van der Waals surface area contributed by atoms with Crippen molar-refractivity contribution in [2.75, 3.05) is 0 Å². The van der Waals surface area contributed by atoms with Gasteiger partial charge in [0.25, 0.3) is 0 Å². The van der Waals surface area contributed by atoms with Crippen LogP contribution >= 0.6 is 0 Å². The van der Waals surface area contributed by atoms with Gasteiger partial charge in [-0.3, -0.25) is 4.98 Å². The van der Waals surface area contributed by atoms with Gasteiger partial charge in [0.15, 0.2) is 0 Å². The molecular formula is C17H24N2O. The SMILES string of the molecule is CCC(N)C(Oc1cccc2ncccc12)C(C)(C)C. The summed E-state index contributed by atoms with van der Waals surface area (Å²) in [5.41, 5.74) is 7.19. The molecule has 0 radical (unpaired) electrons. The Bertz CT molecular complexity index is 569. The molecule has 2 unspecified atom stereocenters. The first-order valence-electron chi connectivity index (χ1n) is 7.19. The van der Waals surface area contributed by atoms with Crippen molar-refractivity contribution in [2.24, 2.45) is 11.1 Å². The summed E-state index contributed by atoms with van der Waals surface area (Å²) in [5, 5.41) is 1.03. The number of nitrogens with two attached hydrogens (primary N) is 1. The Kier molecular flexibility index (Phi) is 4.29. The van der Waals surface area contributed by atoms with Crippen LogP contribution in [0.5, 0.6) is 5.75 Å². The first-order chi connectivity index (χ1) is 9.43. The predicted molar refractivity (Wildman–Crippen MR) is 83.9 cm³/mol. The van der Waals surface area contributed by atoms with Crippen LogP contribution < -0.4 is 10.5 Å². The Labute approximate surface area is 121 Å². The van der Waals surface area contributed by atoms with Gasteiger partial charge in [-0.1, -0.05) is 33.8 Å². The number of benzene rings is 1. The van der Waals surface area contributed by atoms with Crippen molar-refractivity contribution in [1.82, 2.24) is 4.98 Å². The van der Waals surface area contributed by atoms with E-state index in [0.29, 0.717) is 0 Å². The van der Waals surface area contributed by atoms with E-state index < -0.39 is 0 Å². The van der Waals surface area contributed by atoms with Crippen molar-refractivity contribution in [2.45, 2.75) is 46.3 Å². The average Bonchev–Trinajstić information content (AvgIpc) is 2.42. The van der Waals surface area contributed by atoms with Gasteiger partial charge in [0.05, 0.1) is 5.52 Å². The van der Waals surface area contributed by atoms with E-state index in [9.17, 15) is 0 Å². The highest BCUT2D eigenvalue weighted by atomic mass is 16.5. The van der Waals surface area contributed by atoms with Gasteiger partial charge in [0.2, 0.25) is 0 Å². The maximum Gasteiger partial charge on any atom is 0.129 e. The van der Waals surface area contributed by atoms with Crippen LogP contribution in [0.25, 0.3) is 10.9 Å². The summed E-state index contributed by atoms with van der Waals surface area (Å²) in [6.07, 6.45) is 2.66. The molecule has 1 aromatic carbocycles. The largest absolute Gasteiger partial charge is 0.488 e. The molecule has 20 heavy (non-hydrogen) atoms. The van der Waals surface area contributed by atoms with Gasteiger partial charge in [-0.05, 0) is 30.7 Å². The van der Waals surface area contributed by atoms with Gasteiger partial charge in [-0.15, -0.1) is 0 Å². The molecule has 1 heterocycles. The van der Waals surface area contributed by atoms with Crippen LogP contribution in [0.1, 0.15) is 34.1 Å². The van der Waals surface area contributed by atoms with Crippen LogP contribution in [0.3, 0.4) is 0 Å². The minimum atomic E-state index is -0.0293. The Hall–Kier alpha value is -1.61. The van der Waals surface area contributed by atoms with E-state index in [-0.39, 0.29) is 17.6 Å². The fraction of sp³-hybridized carbons (Fsp3) is 0.471. The molecule has 0 spiro atoms. The van der Waals surface area contributed by atoms with Crippen molar-refractivity contribution < 1.29 is 4.74 Å². The van der Waals surface area contributed by atoms with Crippen LogP contribution in [-0.2, 0) is 0 Å². The van der Waals surface area contributed by atoms with Gasteiger partial charge in [0, 0.05) is 23.0 Å². The van der Waals surface area contributed by atoms with E-state index in [1.165, 1.54) is 0 Å². The second-order valence-corrected chi connectivity index (χ2v) is 6.30. The molecule has 2 rings (SSSR count). The first kappa shape index (κ1) is 14.8. The predicted octanol–water partition coefficient (Wildman–Crippen LogP) is 3.77. The lowest BCUT2D eigenvalue weighted by Gasteiger charge is -2.35. The molecule has 0 bridgehead atoms. The Morgan fingerprint density at radius 3 is 2.60 bits per heavy atom. The molecule has 2 aromatic rings. The Morgan fingerprint density at radius 2 is 1.95 bits per heavy atom. The van der Waals surface area contributed by atoms with Crippen molar-refractivity contribution in [3.8, 4) is 5.75 Å². The second kappa shape index (κ2) is 5.80. The van der Waals surface area contributed by atoms with Gasteiger partial charge in [-0.25, -0.2) is 0 Å².